The quantitative estimate of drug-likeness (QED) is 0.455. The summed E-state index contributed by atoms with van der Waals surface area (Å²) < 4.78 is 0. The van der Waals surface area contributed by atoms with Crippen LogP contribution in [0.3, 0.4) is 0 Å². The van der Waals surface area contributed by atoms with E-state index in [-0.39, 0.29) is 23.0 Å². The third-order valence-electron chi connectivity index (χ3n) is 8.39. The summed E-state index contributed by atoms with van der Waals surface area (Å²) in [5.41, 5.74) is 8.78. The lowest BCUT2D eigenvalue weighted by atomic mass is 9.54. The number of nitrogens with one attached hydrogen (secondary N) is 1. The van der Waals surface area contributed by atoms with Crippen molar-refractivity contribution in [1.29, 1.82) is 0 Å². The molecule has 1 heterocycles. The predicted octanol–water partition coefficient (Wildman–Crippen LogP) is 4.81. The van der Waals surface area contributed by atoms with Crippen LogP contribution in [0, 0.1) is 30.1 Å². The molecule has 1 aromatic carbocycles. The fourth-order valence-electron chi connectivity index (χ4n) is 6.92. The molecule has 4 N–H and O–H groups in total. The van der Waals surface area contributed by atoms with Crippen molar-refractivity contribution in [3.05, 3.63) is 34.3 Å². The molecule has 7 heteroatoms. The molecule has 0 spiro atoms. The highest BCUT2D eigenvalue weighted by Gasteiger charge is 2.58. The summed E-state index contributed by atoms with van der Waals surface area (Å²) >= 11 is 1.48. The monoisotopic (exact) mass is 453 g/mol. The van der Waals surface area contributed by atoms with E-state index in [9.17, 15) is 14.7 Å². The number of anilines is 2. The Morgan fingerprint density at radius 1 is 1.38 bits per heavy atom. The second-order valence-electron chi connectivity index (χ2n) is 10.1. The van der Waals surface area contributed by atoms with Crippen molar-refractivity contribution in [2.75, 3.05) is 11.1 Å². The van der Waals surface area contributed by atoms with Gasteiger partial charge in [0.2, 0.25) is 5.91 Å². The van der Waals surface area contributed by atoms with Crippen LogP contribution in [0.15, 0.2) is 18.3 Å². The number of hydrogen-bond donors (Lipinski definition) is 3. The number of fused-ring (bicyclic) bond motifs is 5. The number of thiazole rings is 1. The normalized spacial score (nSPS) is 31.0. The van der Waals surface area contributed by atoms with E-state index in [4.69, 9.17) is 5.73 Å². The van der Waals surface area contributed by atoms with E-state index in [1.54, 1.807) is 12.3 Å². The Morgan fingerprint density at radius 3 is 2.94 bits per heavy atom. The Hall–Kier alpha value is -2.41. The Labute approximate surface area is 192 Å². The van der Waals surface area contributed by atoms with Crippen LogP contribution in [-0.2, 0) is 16.0 Å². The standard InChI is InChI=1S/C25H31N3O3S/c1-13-12-27-24(32-13)28-21(31)8-3-14-11-20(30)25(2)10-9-16-15-6-7-19(29)23(26)18(15)5-4-17(16)22(14)25/h6-7,12,14,16-17,22,29H,3-5,8-11,26H2,1-2H3,(H,27,28,31). The molecular formula is C25H31N3O3S. The minimum Gasteiger partial charge on any atom is -0.506 e. The molecule has 0 bridgehead atoms. The highest BCUT2D eigenvalue weighted by Crippen LogP contribution is 2.62. The zero-order valence-electron chi connectivity index (χ0n) is 18.7. The molecule has 6 nitrogen and oxygen atoms in total. The fourth-order valence-corrected chi connectivity index (χ4v) is 7.60. The first-order valence-electron chi connectivity index (χ1n) is 11.6. The molecule has 2 aromatic rings. The number of carbonyl (C=O) groups excluding carboxylic acids is 2. The molecule has 2 saturated carbocycles. The van der Waals surface area contributed by atoms with E-state index < -0.39 is 0 Å². The lowest BCUT2D eigenvalue weighted by molar-refractivity contribution is -0.129. The summed E-state index contributed by atoms with van der Waals surface area (Å²) in [6.45, 7) is 4.13. The van der Waals surface area contributed by atoms with Gasteiger partial charge < -0.3 is 16.2 Å². The summed E-state index contributed by atoms with van der Waals surface area (Å²) in [6, 6.07) is 3.75. The Kier molecular flexibility index (Phi) is 5.27. The van der Waals surface area contributed by atoms with E-state index >= 15 is 0 Å². The van der Waals surface area contributed by atoms with Gasteiger partial charge in [-0.05, 0) is 79.9 Å². The number of nitrogens with two attached hydrogens (primary N) is 1. The molecule has 170 valence electrons. The number of amides is 1. The Balaban J connectivity index is 1.35. The van der Waals surface area contributed by atoms with Gasteiger partial charge in [-0.25, -0.2) is 4.98 Å². The molecule has 5 unspecified atom stereocenters. The van der Waals surface area contributed by atoms with Crippen LogP contribution in [0.1, 0.15) is 67.4 Å². The van der Waals surface area contributed by atoms with E-state index in [1.165, 1.54) is 16.9 Å². The second-order valence-corrected chi connectivity index (χ2v) is 11.3. The summed E-state index contributed by atoms with van der Waals surface area (Å²) in [4.78, 5) is 31.0. The number of ketones is 1. The van der Waals surface area contributed by atoms with Gasteiger partial charge in [-0.1, -0.05) is 13.0 Å². The van der Waals surface area contributed by atoms with Crippen molar-refractivity contribution in [3.63, 3.8) is 0 Å². The van der Waals surface area contributed by atoms with Crippen LogP contribution in [0.4, 0.5) is 10.8 Å². The summed E-state index contributed by atoms with van der Waals surface area (Å²) in [7, 11) is 0. The van der Waals surface area contributed by atoms with Gasteiger partial charge in [0, 0.05) is 29.3 Å². The number of rotatable bonds is 4. The number of carbonyl (C=O) groups is 2. The molecule has 0 saturated heterocycles. The van der Waals surface area contributed by atoms with Crippen molar-refractivity contribution >= 4 is 33.8 Å². The number of aromatic hydroxyl groups is 1. The molecule has 5 atom stereocenters. The fraction of sp³-hybridized carbons (Fsp3) is 0.560. The number of benzene rings is 1. The second kappa shape index (κ2) is 7.87. The molecule has 1 amide bonds. The smallest absolute Gasteiger partial charge is 0.226 e. The van der Waals surface area contributed by atoms with Crippen LogP contribution >= 0.6 is 11.3 Å². The van der Waals surface area contributed by atoms with Gasteiger partial charge in [0.25, 0.3) is 0 Å². The summed E-state index contributed by atoms with van der Waals surface area (Å²) in [6.07, 6.45) is 7.19. The lowest BCUT2D eigenvalue weighted by Crippen LogP contribution is -2.44. The third kappa shape index (κ3) is 3.41. The predicted molar refractivity (Wildman–Crippen MR) is 126 cm³/mol. The molecule has 5 rings (SSSR count). The first kappa shape index (κ1) is 21.4. The van der Waals surface area contributed by atoms with Gasteiger partial charge in [-0.15, -0.1) is 11.3 Å². The highest BCUT2D eigenvalue weighted by atomic mass is 32.1. The lowest BCUT2D eigenvalue weighted by Gasteiger charge is -2.50. The average Bonchev–Trinajstić information content (AvgIpc) is 3.28. The van der Waals surface area contributed by atoms with Gasteiger partial charge in [0.15, 0.2) is 5.13 Å². The molecule has 0 radical (unpaired) electrons. The number of aryl methyl sites for hydroxylation is 1. The minimum atomic E-state index is -0.283. The third-order valence-corrected chi connectivity index (χ3v) is 9.22. The Morgan fingerprint density at radius 2 is 2.19 bits per heavy atom. The minimum absolute atomic E-state index is 0.0231. The van der Waals surface area contributed by atoms with Crippen LogP contribution in [0.2, 0.25) is 0 Å². The first-order chi connectivity index (χ1) is 15.3. The van der Waals surface area contributed by atoms with Crippen LogP contribution in [-0.4, -0.2) is 21.8 Å². The summed E-state index contributed by atoms with van der Waals surface area (Å²) in [5, 5.41) is 13.6. The number of hydrogen-bond acceptors (Lipinski definition) is 6. The van der Waals surface area contributed by atoms with Gasteiger partial charge in [0.05, 0.1) is 5.69 Å². The van der Waals surface area contributed by atoms with Gasteiger partial charge >= 0.3 is 0 Å². The number of Topliss-reactive ketones (excluding diaryl/α,β-unsaturated/α-hetero) is 1. The topological polar surface area (TPSA) is 105 Å². The number of nitrogen functional groups attached to an aromatic ring is 1. The van der Waals surface area contributed by atoms with Gasteiger partial charge in [-0.2, -0.15) is 0 Å². The van der Waals surface area contributed by atoms with Crippen LogP contribution in [0.5, 0.6) is 5.75 Å². The van der Waals surface area contributed by atoms with Gasteiger partial charge in [0.1, 0.15) is 11.5 Å². The molecule has 0 aliphatic heterocycles. The van der Waals surface area contributed by atoms with Crippen molar-refractivity contribution in [2.45, 2.75) is 64.7 Å². The van der Waals surface area contributed by atoms with E-state index in [1.807, 2.05) is 13.0 Å². The highest BCUT2D eigenvalue weighted by molar-refractivity contribution is 7.15. The number of phenolic OH excluding ortho intramolecular Hbond substituents is 1. The van der Waals surface area contributed by atoms with Crippen molar-refractivity contribution < 1.29 is 14.7 Å². The largest absolute Gasteiger partial charge is 0.506 e. The summed E-state index contributed by atoms with van der Waals surface area (Å²) in [5.74, 6) is 1.85. The molecule has 2 fully saturated rings. The Bertz CT molecular complexity index is 1080. The molecule has 3 aliphatic rings. The maximum atomic E-state index is 13.1. The average molecular weight is 454 g/mol. The molecular weight excluding hydrogens is 422 g/mol. The number of aromatic nitrogens is 1. The van der Waals surface area contributed by atoms with Crippen molar-refractivity contribution in [2.24, 2.45) is 23.2 Å². The zero-order chi connectivity index (χ0) is 22.6. The van der Waals surface area contributed by atoms with Crippen LogP contribution in [0.25, 0.3) is 0 Å². The number of nitrogens with zero attached hydrogens (tertiary/aromatic N) is 1. The zero-order valence-corrected chi connectivity index (χ0v) is 19.5. The maximum Gasteiger partial charge on any atom is 0.226 e. The van der Waals surface area contributed by atoms with Crippen molar-refractivity contribution in [3.8, 4) is 5.75 Å². The maximum absolute atomic E-state index is 13.1. The molecule has 1 aromatic heterocycles. The molecule has 32 heavy (non-hydrogen) atoms. The van der Waals surface area contributed by atoms with Gasteiger partial charge in [-0.3, -0.25) is 9.59 Å². The van der Waals surface area contributed by atoms with E-state index in [0.717, 1.165) is 42.5 Å². The number of phenols is 1. The SMILES string of the molecule is Cc1cnc(NC(=O)CCC2CC(=O)C3(C)CCC4c5ccc(O)c(N)c5CCC4C23)s1. The van der Waals surface area contributed by atoms with E-state index in [0.29, 0.717) is 47.2 Å². The van der Waals surface area contributed by atoms with Crippen LogP contribution < -0.4 is 11.1 Å². The van der Waals surface area contributed by atoms with E-state index in [2.05, 4.69) is 17.2 Å². The first-order valence-corrected chi connectivity index (χ1v) is 12.5. The molecule has 3 aliphatic carbocycles. The van der Waals surface area contributed by atoms with Crippen molar-refractivity contribution in [1.82, 2.24) is 4.98 Å².